The summed E-state index contributed by atoms with van der Waals surface area (Å²) in [4.78, 5) is 10.4. The van der Waals surface area contributed by atoms with E-state index in [1.807, 2.05) is 0 Å². The Balaban J connectivity index is 2.83. The van der Waals surface area contributed by atoms with Crippen molar-refractivity contribution in [2.45, 2.75) is 30.7 Å². The van der Waals surface area contributed by atoms with Crippen LogP contribution in [0.15, 0.2) is 0 Å². The quantitative estimate of drug-likeness (QED) is 0.303. The fourth-order valence-corrected chi connectivity index (χ4v) is 1.58. The highest BCUT2D eigenvalue weighted by Gasteiger charge is 2.45. The van der Waals surface area contributed by atoms with E-state index in [1.54, 1.807) is 0 Å². The van der Waals surface area contributed by atoms with Gasteiger partial charge in [-0.25, -0.2) is 4.18 Å². The molecule has 1 aliphatic rings. The van der Waals surface area contributed by atoms with Gasteiger partial charge in [-0.15, -0.1) is 0 Å². The van der Waals surface area contributed by atoms with Crippen LogP contribution in [-0.4, -0.2) is 65.3 Å². The van der Waals surface area contributed by atoms with Crippen LogP contribution >= 0.6 is 0 Å². The van der Waals surface area contributed by atoms with Crippen LogP contribution < -0.4 is 0 Å². The molecule has 9 nitrogen and oxygen atoms in total. The van der Waals surface area contributed by atoms with E-state index >= 15 is 0 Å². The number of hydrogen-bond donors (Lipinski definition) is 4. The number of ether oxygens (including phenoxy) is 1. The van der Waals surface area contributed by atoms with Crippen molar-refractivity contribution in [3.63, 3.8) is 0 Å². The molecule has 5 atom stereocenters. The van der Waals surface area contributed by atoms with Crippen molar-refractivity contribution in [1.82, 2.24) is 0 Å². The van der Waals surface area contributed by atoms with E-state index in [0.29, 0.717) is 0 Å². The molecule has 16 heavy (non-hydrogen) atoms. The van der Waals surface area contributed by atoms with E-state index in [9.17, 15) is 28.5 Å². The van der Waals surface area contributed by atoms with Crippen LogP contribution in [0.4, 0.5) is 0 Å². The minimum atomic E-state index is -4.92. The zero-order chi connectivity index (χ0) is 12.5. The zero-order valence-corrected chi connectivity index (χ0v) is 8.52. The van der Waals surface area contributed by atoms with Crippen LogP contribution in [0, 0.1) is 0 Å². The second-order valence-corrected chi connectivity index (χ2v) is 4.15. The lowest BCUT2D eigenvalue weighted by atomic mass is 10.00. The minimum Gasteiger partial charge on any atom is -0.387 e. The maximum absolute atomic E-state index is 10.4. The molecule has 4 N–H and O–H groups in total. The molecule has 1 rings (SSSR count). The number of rotatable bonds is 3. The number of hydrogen-bond acceptors (Lipinski definition) is 8. The molecular formula is C6H10O9S. The number of aldehydes is 1. The van der Waals surface area contributed by atoms with Crippen LogP contribution in [0.1, 0.15) is 0 Å². The topological polar surface area (TPSA) is 151 Å². The van der Waals surface area contributed by atoms with Crippen LogP contribution in [-0.2, 0) is 24.1 Å². The SMILES string of the molecule is O=C[C@H]1O[C@H](OS(=O)(=O)O)[C@H](O)[C@@H](O)[C@@H]1O. The molecule has 0 unspecified atom stereocenters. The molecule has 0 bridgehead atoms. The van der Waals surface area contributed by atoms with E-state index in [0.717, 1.165) is 0 Å². The third-order valence-electron chi connectivity index (χ3n) is 1.96. The average molecular weight is 258 g/mol. The number of aliphatic hydroxyl groups excluding tert-OH is 3. The summed E-state index contributed by atoms with van der Waals surface area (Å²) in [7, 11) is -4.92. The normalized spacial score (nSPS) is 40.6. The molecule has 0 spiro atoms. The summed E-state index contributed by atoms with van der Waals surface area (Å²) in [6.07, 6.45) is -8.91. The maximum atomic E-state index is 10.4. The number of carbonyl (C=O) groups is 1. The van der Waals surface area contributed by atoms with Crippen molar-refractivity contribution in [2.24, 2.45) is 0 Å². The number of aliphatic hydroxyl groups is 3. The Morgan fingerprint density at radius 1 is 1.12 bits per heavy atom. The Morgan fingerprint density at radius 3 is 2.12 bits per heavy atom. The predicted molar refractivity (Wildman–Crippen MR) is 45.4 cm³/mol. The van der Waals surface area contributed by atoms with Gasteiger partial charge in [0.25, 0.3) is 0 Å². The van der Waals surface area contributed by atoms with Gasteiger partial charge in [0.2, 0.25) is 6.29 Å². The van der Waals surface area contributed by atoms with E-state index in [2.05, 4.69) is 8.92 Å². The first kappa shape index (κ1) is 13.4. The number of carbonyl (C=O) groups excluding carboxylic acids is 1. The molecule has 10 heteroatoms. The van der Waals surface area contributed by atoms with Crippen LogP contribution in [0.3, 0.4) is 0 Å². The molecule has 0 saturated carbocycles. The van der Waals surface area contributed by atoms with Crippen LogP contribution in [0.2, 0.25) is 0 Å². The van der Waals surface area contributed by atoms with E-state index in [1.165, 1.54) is 0 Å². The molecule has 1 fully saturated rings. The molecule has 0 aromatic carbocycles. The fourth-order valence-electron chi connectivity index (χ4n) is 1.19. The van der Waals surface area contributed by atoms with Gasteiger partial charge in [-0.1, -0.05) is 0 Å². The maximum Gasteiger partial charge on any atom is 0.399 e. The lowest BCUT2D eigenvalue weighted by Gasteiger charge is -2.37. The first-order valence-electron chi connectivity index (χ1n) is 4.07. The third-order valence-corrected chi connectivity index (χ3v) is 2.39. The average Bonchev–Trinajstić information content (AvgIpc) is 2.17. The van der Waals surface area contributed by atoms with Crippen molar-refractivity contribution < 1.29 is 42.0 Å². The van der Waals surface area contributed by atoms with E-state index in [4.69, 9.17) is 4.55 Å². The Labute approximate surface area is 90.2 Å². The monoisotopic (exact) mass is 258 g/mol. The predicted octanol–water partition coefficient (Wildman–Crippen LogP) is -3.19. The van der Waals surface area contributed by atoms with Crippen molar-refractivity contribution in [3.8, 4) is 0 Å². The van der Waals surface area contributed by atoms with Gasteiger partial charge in [0.15, 0.2) is 6.29 Å². The highest BCUT2D eigenvalue weighted by molar-refractivity contribution is 7.80. The summed E-state index contributed by atoms with van der Waals surface area (Å²) in [5, 5.41) is 27.6. The Bertz CT molecular complexity index is 351. The van der Waals surface area contributed by atoms with E-state index in [-0.39, 0.29) is 6.29 Å². The van der Waals surface area contributed by atoms with Gasteiger partial charge in [-0.2, -0.15) is 8.42 Å². The summed E-state index contributed by atoms with van der Waals surface area (Å²) in [6.45, 7) is 0. The van der Waals surface area contributed by atoms with Crippen molar-refractivity contribution in [2.75, 3.05) is 0 Å². The standard InChI is InChI=1S/C6H10O9S/c7-1-2-3(8)4(9)5(10)6(14-2)15-16(11,12)13/h1-6,8-10H,(H,11,12,13)/t2-,3-,4+,5-,6-/m1/s1. The van der Waals surface area contributed by atoms with Gasteiger partial charge in [-0.3, -0.25) is 4.55 Å². The summed E-state index contributed by atoms with van der Waals surface area (Å²) < 4.78 is 37.4. The second kappa shape index (κ2) is 4.71. The molecule has 1 saturated heterocycles. The highest BCUT2D eigenvalue weighted by atomic mass is 32.3. The summed E-state index contributed by atoms with van der Waals surface area (Å²) in [6, 6.07) is 0. The fraction of sp³-hybridized carbons (Fsp3) is 0.833. The molecule has 0 amide bonds. The van der Waals surface area contributed by atoms with Crippen LogP contribution in [0.5, 0.6) is 0 Å². The third kappa shape index (κ3) is 2.95. The van der Waals surface area contributed by atoms with Gasteiger partial charge >= 0.3 is 10.4 Å². The second-order valence-electron chi connectivity index (χ2n) is 3.10. The molecule has 0 aromatic heterocycles. The molecular weight excluding hydrogens is 248 g/mol. The molecule has 1 aliphatic heterocycles. The Morgan fingerprint density at radius 2 is 1.69 bits per heavy atom. The summed E-state index contributed by atoms with van der Waals surface area (Å²) in [5.74, 6) is 0. The van der Waals surface area contributed by atoms with Gasteiger partial charge in [0.05, 0.1) is 0 Å². The Hall–Kier alpha value is -0.620. The molecule has 0 aromatic rings. The zero-order valence-electron chi connectivity index (χ0n) is 7.70. The Kier molecular flexibility index (Phi) is 3.96. The smallest absolute Gasteiger partial charge is 0.387 e. The van der Waals surface area contributed by atoms with Gasteiger partial charge in [0, 0.05) is 0 Å². The first-order chi connectivity index (χ1) is 7.26. The van der Waals surface area contributed by atoms with Crippen molar-refractivity contribution in [1.29, 1.82) is 0 Å². The van der Waals surface area contributed by atoms with Gasteiger partial charge in [0.1, 0.15) is 24.4 Å². The largest absolute Gasteiger partial charge is 0.399 e. The first-order valence-corrected chi connectivity index (χ1v) is 5.43. The summed E-state index contributed by atoms with van der Waals surface area (Å²) in [5.41, 5.74) is 0. The van der Waals surface area contributed by atoms with Crippen LogP contribution in [0.25, 0.3) is 0 Å². The molecule has 0 aliphatic carbocycles. The van der Waals surface area contributed by atoms with Crippen molar-refractivity contribution in [3.05, 3.63) is 0 Å². The lowest BCUT2D eigenvalue weighted by Crippen LogP contribution is -2.58. The molecule has 1 heterocycles. The highest BCUT2D eigenvalue weighted by Crippen LogP contribution is 2.21. The molecule has 94 valence electrons. The van der Waals surface area contributed by atoms with Gasteiger partial charge in [-0.05, 0) is 0 Å². The summed E-state index contributed by atoms with van der Waals surface area (Å²) >= 11 is 0. The van der Waals surface area contributed by atoms with E-state index < -0.39 is 41.1 Å². The lowest BCUT2D eigenvalue weighted by molar-refractivity contribution is -0.263. The molecule has 0 radical (unpaired) electrons. The van der Waals surface area contributed by atoms with Crippen molar-refractivity contribution >= 4 is 16.7 Å². The van der Waals surface area contributed by atoms with Gasteiger partial charge < -0.3 is 24.9 Å². The minimum absolute atomic E-state index is 0.0973.